The molecule has 0 spiro atoms. The minimum Gasteiger partial charge on any atom is -0.310 e. The maximum atomic E-state index is 12.9. The Kier molecular flexibility index (Phi) is 3.96. The molecule has 0 radical (unpaired) electrons. The van der Waals surface area contributed by atoms with E-state index in [-0.39, 0.29) is 17.9 Å². The molecule has 116 valence electrons. The Balaban J connectivity index is 1.78. The highest BCUT2D eigenvalue weighted by Crippen LogP contribution is 2.49. The van der Waals surface area contributed by atoms with Crippen molar-refractivity contribution < 1.29 is 4.79 Å². The second kappa shape index (κ2) is 5.76. The van der Waals surface area contributed by atoms with Gasteiger partial charge >= 0.3 is 0 Å². The van der Waals surface area contributed by atoms with E-state index in [9.17, 15) is 4.79 Å². The Labute approximate surface area is 135 Å². The molecule has 5 heteroatoms. The van der Waals surface area contributed by atoms with Crippen LogP contribution >= 0.6 is 11.6 Å². The second-order valence-corrected chi connectivity index (χ2v) is 6.61. The number of nitrogens with zero attached hydrogens (tertiary/aromatic N) is 3. The van der Waals surface area contributed by atoms with Crippen molar-refractivity contribution in [3.05, 3.63) is 47.2 Å². The van der Waals surface area contributed by atoms with E-state index in [2.05, 4.69) is 5.10 Å². The number of anilines is 1. The molecule has 0 bridgehead atoms. The van der Waals surface area contributed by atoms with Crippen LogP contribution in [0.4, 0.5) is 5.69 Å². The lowest BCUT2D eigenvalue weighted by Gasteiger charge is -2.27. The van der Waals surface area contributed by atoms with Crippen molar-refractivity contribution in [1.82, 2.24) is 9.78 Å². The fourth-order valence-electron chi connectivity index (χ4n) is 2.93. The van der Waals surface area contributed by atoms with Gasteiger partial charge in [0.15, 0.2) is 0 Å². The van der Waals surface area contributed by atoms with Crippen LogP contribution in [-0.2, 0) is 11.8 Å². The van der Waals surface area contributed by atoms with Crippen LogP contribution in [0, 0.1) is 5.92 Å². The van der Waals surface area contributed by atoms with Crippen LogP contribution in [0.15, 0.2) is 36.7 Å². The predicted octanol–water partition coefficient (Wildman–Crippen LogP) is 3.62. The van der Waals surface area contributed by atoms with E-state index in [1.165, 1.54) is 0 Å². The largest absolute Gasteiger partial charge is 0.310 e. The monoisotopic (exact) mass is 317 g/mol. The van der Waals surface area contributed by atoms with Gasteiger partial charge in [-0.25, -0.2) is 0 Å². The molecule has 22 heavy (non-hydrogen) atoms. The number of hydrogen-bond acceptors (Lipinski definition) is 2. The number of rotatable bonds is 4. The van der Waals surface area contributed by atoms with E-state index in [1.807, 2.05) is 62.5 Å². The first-order chi connectivity index (χ1) is 10.5. The summed E-state index contributed by atoms with van der Waals surface area (Å²) in [5.74, 6) is 0.545. The van der Waals surface area contributed by atoms with Crippen LogP contribution in [0.2, 0.25) is 5.02 Å². The molecule has 1 heterocycles. The van der Waals surface area contributed by atoms with Crippen LogP contribution in [0.25, 0.3) is 0 Å². The Bertz CT molecular complexity index is 677. The Morgan fingerprint density at radius 2 is 2.05 bits per heavy atom. The van der Waals surface area contributed by atoms with Crippen molar-refractivity contribution in [2.75, 3.05) is 4.90 Å². The van der Waals surface area contributed by atoms with E-state index >= 15 is 0 Å². The summed E-state index contributed by atoms with van der Waals surface area (Å²) in [7, 11) is 1.90. The van der Waals surface area contributed by atoms with Gasteiger partial charge in [0.05, 0.1) is 6.20 Å². The summed E-state index contributed by atoms with van der Waals surface area (Å²) in [4.78, 5) is 14.8. The zero-order valence-corrected chi connectivity index (χ0v) is 13.8. The molecule has 3 rings (SSSR count). The fourth-order valence-corrected chi connectivity index (χ4v) is 3.05. The molecule has 2 atom stereocenters. The molecule has 2 aromatic rings. The highest BCUT2D eigenvalue weighted by atomic mass is 35.5. The molecular weight excluding hydrogens is 298 g/mol. The topological polar surface area (TPSA) is 38.1 Å². The normalized spacial score (nSPS) is 20.2. The van der Waals surface area contributed by atoms with Crippen molar-refractivity contribution in [3.8, 4) is 0 Å². The number of amides is 1. The number of aromatic nitrogens is 2. The first kappa shape index (κ1) is 15.1. The highest BCUT2D eigenvalue weighted by molar-refractivity contribution is 6.30. The van der Waals surface area contributed by atoms with Crippen LogP contribution in [0.3, 0.4) is 0 Å². The number of carbonyl (C=O) groups is 1. The third-order valence-electron chi connectivity index (χ3n) is 4.12. The summed E-state index contributed by atoms with van der Waals surface area (Å²) < 4.78 is 1.79. The summed E-state index contributed by atoms with van der Waals surface area (Å²) in [5, 5.41) is 4.88. The van der Waals surface area contributed by atoms with Crippen molar-refractivity contribution in [2.45, 2.75) is 32.2 Å². The van der Waals surface area contributed by atoms with Gasteiger partial charge < -0.3 is 4.90 Å². The first-order valence-corrected chi connectivity index (χ1v) is 7.92. The fraction of sp³-hybridized carbons (Fsp3) is 0.412. The van der Waals surface area contributed by atoms with Gasteiger partial charge in [0.2, 0.25) is 5.91 Å². The van der Waals surface area contributed by atoms with Gasteiger partial charge in [-0.15, -0.1) is 0 Å². The minimum atomic E-state index is 0.0577. The van der Waals surface area contributed by atoms with E-state index in [1.54, 1.807) is 4.68 Å². The second-order valence-electron chi connectivity index (χ2n) is 6.17. The molecule has 1 amide bonds. The predicted molar refractivity (Wildman–Crippen MR) is 88.1 cm³/mol. The molecule has 1 aliphatic carbocycles. The lowest BCUT2D eigenvalue weighted by atomic mass is 10.1. The molecule has 1 aliphatic rings. The van der Waals surface area contributed by atoms with Crippen molar-refractivity contribution >= 4 is 23.2 Å². The molecule has 0 saturated heterocycles. The summed E-state index contributed by atoms with van der Waals surface area (Å²) in [6.45, 7) is 4.07. The summed E-state index contributed by atoms with van der Waals surface area (Å²) >= 11 is 5.94. The van der Waals surface area contributed by atoms with Gasteiger partial charge in [-0.05, 0) is 56.0 Å². The lowest BCUT2D eigenvalue weighted by Crippen LogP contribution is -2.38. The van der Waals surface area contributed by atoms with E-state index in [4.69, 9.17) is 11.6 Å². The molecule has 1 aromatic carbocycles. The number of benzene rings is 1. The van der Waals surface area contributed by atoms with E-state index in [0.717, 1.165) is 17.7 Å². The maximum Gasteiger partial charge on any atom is 0.230 e. The van der Waals surface area contributed by atoms with Crippen molar-refractivity contribution in [2.24, 2.45) is 13.0 Å². The minimum absolute atomic E-state index is 0.0577. The number of carbonyl (C=O) groups excluding carboxylic acids is 1. The number of halogens is 1. The van der Waals surface area contributed by atoms with Crippen molar-refractivity contribution in [1.29, 1.82) is 0 Å². The maximum absolute atomic E-state index is 12.9. The summed E-state index contributed by atoms with van der Waals surface area (Å²) in [6, 6.07) is 7.57. The molecular formula is C17H20ClN3O. The Morgan fingerprint density at radius 3 is 2.59 bits per heavy atom. The zero-order chi connectivity index (χ0) is 15.9. The van der Waals surface area contributed by atoms with Gasteiger partial charge in [0, 0.05) is 35.9 Å². The Hall–Kier alpha value is -1.81. The summed E-state index contributed by atoms with van der Waals surface area (Å²) in [6.07, 6.45) is 4.77. The van der Waals surface area contributed by atoms with Gasteiger partial charge in [-0.2, -0.15) is 5.10 Å². The third-order valence-corrected chi connectivity index (χ3v) is 4.37. The molecule has 4 nitrogen and oxygen atoms in total. The molecule has 1 aromatic heterocycles. The standard InChI is InChI=1S/C17H20ClN3O/c1-11(2)21(14-6-4-13(18)5-7-14)17(22)16-8-15(16)12-9-19-20(3)10-12/h4-7,9-11,15-16H,8H2,1-3H3/t15-,16+/m1/s1. The lowest BCUT2D eigenvalue weighted by molar-refractivity contribution is -0.120. The van der Waals surface area contributed by atoms with Gasteiger partial charge in [-0.3, -0.25) is 9.48 Å². The molecule has 1 saturated carbocycles. The van der Waals surface area contributed by atoms with Gasteiger partial charge in [0.1, 0.15) is 0 Å². The summed E-state index contributed by atoms with van der Waals surface area (Å²) in [5.41, 5.74) is 2.06. The van der Waals surface area contributed by atoms with E-state index in [0.29, 0.717) is 10.9 Å². The number of aryl methyl sites for hydroxylation is 1. The highest BCUT2D eigenvalue weighted by Gasteiger charge is 2.47. The van der Waals surface area contributed by atoms with Crippen molar-refractivity contribution in [3.63, 3.8) is 0 Å². The SMILES string of the molecule is CC(C)N(C(=O)[C@H]1C[C@@H]1c1cnn(C)c1)c1ccc(Cl)cc1. The van der Waals surface area contributed by atoms with Crippen LogP contribution < -0.4 is 4.90 Å². The van der Waals surface area contributed by atoms with Gasteiger partial charge in [-0.1, -0.05) is 11.6 Å². The van der Waals surface area contributed by atoms with Crippen LogP contribution in [0.5, 0.6) is 0 Å². The smallest absolute Gasteiger partial charge is 0.230 e. The van der Waals surface area contributed by atoms with Crippen LogP contribution in [0.1, 0.15) is 31.7 Å². The average molecular weight is 318 g/mol. The van der Waals surface area contributed by atoms with Gasteiger partial charge in [0.25, 0.3) is 0 Å². The molecule has 0 unspecified atom stereocenters. The quantitative estimate of drug-likeness (QED) is 0.864. The molecule has 1 fully saturated rings. The first-order valence-electron chi connectivity index (χ1n) is 7.54. The zero-order valence-electron chi connectivity index (χ0n) is 13.0. The molecule has 0 aliphatic heterocycles. The van der Waals surface area contributed by atoms with Crippen LogP contribution in [-0.4, -0.2) is 21.7 Å². The third kappa shape index (κ3) is 2.88. The Morgan fingerprint density at radius 1 is 1.36 bits per heavy atom. The average Bonchev–Trinajstić information content (AvgIpc) is 3.16. The van der Waals surface area contributed by atoms with E-state index < -0.39 is 0 Å². The molecule has 0 N–H and O–H groups in total. The number of hydrogen-bond donors (Lipinski definition) is 0.